The number of thiazole rings is 1. The monoisotopic (exact) mass is 250 g/mol. The average Bonchev–Trinajstić information content (AvgIpc) is 2.86. The molecule has 1 radical (unpaired) electrons. The zero-order valence-corrected chi connectivity index (χ0v) is 10.3. The SMILES string of the molecule is COc1c(C2COCCO2)ccc2s[c]nc12. The van der Waals surface area contributed by atoms with Gasteiger partial charge in [-0.25, -0.2) is 4.98 Å². The number of benzene rings is 1. The number of methoxy groups -OCH3 is 1. The van der Waals surface area contributed by atoms with Gasteiger partial charge >= 0.3 is 0 Å². The molecule has 0 saturated carbocycles. The van der Waals surface area contributed by atoms with Crippen LogP contribution in [0, 0.1) is 5.51 Å². The average molecular weight is 250 g/mol. The molecule has 0 spiro atoms. The molecule has 5 heteroatoms. The van der Waals surface area contributed by atoms with Gasteiger partial charge in [-0.15, -0.1) is 11.3 Å². The lowest BCUT2D eigenvalue weighted by atomic mass is 10.1. The van der Waals surface area contributed by atoms with Crippen LogP contribution in [-0.2, 0) is 9.47 Å². The number of fused-ring (bicyclic) bond motifs is 1. The summed E-state index contributed by atoms with van der Waals surface area (Å²) in [7, 11) is 1.65. The van der Waals surface area contributed by atoms with Crippen LogP contribution in [0.15, 0.2) is 12.1 Å². The quantitative estimate of drug-likeness (QED) is 0.819. The second kappa shape index (κ2) is 4.60. The summed E-state index contributed by atoms with van der Waals surface area (Å²) in [6.07, 6.45) is -0.0650. The Balaban J connectivity index is 2.07. The highest BCUT2D eigenvalue weighted by molar-refractivity contribution is 7.16. The van der Waals surface area contributed by atoms with Crippen LogP contribution in [0.2, 0.25) is 0 Å². The minimum absolute atomic E-state index is 0.0650. The minimum Gasteiger partial charge on any atom is -0.494 e. The van der Waals surface area contributed by atoms with Crippen molar-refractivity contribution in [3.63, 3.8) is 0 Å². The largest absolute Gasteiger partial charge is 0.494 e. The van der Waals surface area contributed by atoms with Gasteiger partial charge in [0, 0.05) is 5.56 Å². The number of hydrogen-bond donors (Lipinski definition) is 0. The molecule has 1 atom stereocenters. The molecule has 0 bridgehead atoms. The number of hydrogen-bond acceptors (Lipinski definition) is 5. The van der Waals surface area contributed by atoms with Crippen molar-refractivity contribution in [2.24, 2.45) is 0 Å². The lowest BCUT2D eigenvalue weighted by Crippen LogP contribution is -2.22. The van der Waals surface area contributed by atoms with Gasteiger partial charge in [0.2, 0.25) is 0 Å². The van der Waals surface area contributed by atoms with Crippen LogP contribution < -0.4 is 4.74 Å². The Hall–Kier alpha value is -1.17. The third-order valence-corrected chi connectivity index (χ3v) is 3.54. The van der Waals surface area contributed by atoms with Crippen molar-refractivity contribution in [1.29, 1.82) is 0 Å². The van der Waals surface area contributed by atoms with Crippen LogP contribution >= 0.6 is 11.3 Å². The zero-order chi connectivity index (χ0) is 11.7. The molecule has 1 aromatic carbocycles. The first-order valence-electron chi connectivity index (χ1n) is 5.43. The predicted octanol–water partition coefficient (Wildman–Crippen LogP) is 2.19. The van der Waals surface area contributed by atoms with Crippen molar-refractivity contribution in [1.82, 2.24) is 4.98 Å². The van der Waals surface area contributed by atoms with E-state index in [1.807, 2.05) is 12.1 Å². The molecule has 1 aliphatic heterocycles. The topological polar surface area (TPSA) is 40.6 Å². The highest BCUT2D eigenvalue weighted by atomic mass is 32.1. The molecule has 0 N–H and O–H groups in total. The maximum Gasteiger partial charge on any atom is 0.153 e. The zero-order valence-electron chi connectivity index (χ0n) is 9.43. The summed E-state index contributed by atoms with van der Waals surface area (Å²) in [4.78, 5) is 4.22. The van der Waals surface area contributed by atoms with Crippen molar-refractivity contribution >= 4 is 21.6 Å². The molecule has 89 valence electrons. The number of ether oxygens (including phenoxy) is 3. The first-order valence-corrected chi connectivity index (χ1v) is 6.24. The fraction of sp³-hybridized carbons (Fsp3) is 0.417. The fourth-order valence-electron chi connectivity index (χ4n) is 2.01. The van der Waals surface area contributed by atoms with Gasteiger partial charge in [-0.2, -0.15) is 0 Å². The lowest BCUT2D eigenvalue weighted by Gasteiger charge is -2.24. The van der Waals surface area contributed by atoms with E-state index in [-0.39, 0.29) is 6.10 Å². The Bertz CT molecular complexity index is 519. The van der Waals surface area contributed by atoms with Crippen molar-refractivity contribution in [3.8, 4) is 5.75 Å². The molecule has 1 aromatic heterocycles. The van der Waals surface area contributed by atoms with Gasteiger partial charge in [0.25, 0.3) is 0 Å². The number of rotatable bonds is 2. The van der Waals surface area contributed by atoms with Gasteiger partial charge in [0.1, 0.15) is 11.6 Å². The summed E-state index contributed by atoms with van der Waals surface area (Å²) < 4.78 is 17.6. The van der Waals surface area contributed by atoms with Crippen LogP contribution in [0.3, 0.4) is 0 Å². The molecular weight excluding hydrogens is 238 g/mol. The molecule has 2 aromatic rings. The van der Waals surface area contributed by atoms with Crippen LogP contribution in [0.1, 0.15) is 11.7 Å². The molecule has 3 rings (SSSR count). The first-order chi connectivity index (χ1) is 8.40. The summed E-state index contributed by atoms with van der Waals surface area (Å²) in [5.74, 6) is 0.774. The second-order valence-corrected chi connectivity index (χ2v) is 4.60. The molecule has 1 aliphatic rings. The van der Waals surface area contributed by atoms with E-state index in [1.165, 1.54) is 11.3 Å². The van der Waals surface area contributed by atoms with E-state index in [2.05, 4.69) is 10.5 Å². The highest BCUT2D eigenvalue weighted by Gasteiger charge is 2.22. The molecule has 0 aliphatic carbocycles. The van der Waals surface area contributed by atoms with E-state index in [0.29, 0.717) is 19.8 Å². The van der Waals surface area contributed by atoms with E-state index >= 15 is 0 Å². The minimum atomic E-state index is -0.0650. The Labute approximate surface area is 103 Å². The maximum absolute atomic E-state index is 5.69. The molecule has 0 amide bonds. The third kappa shape index (κ3) is 1.90. The molecule has 1 saturated heterocycles. The summed E-state index contributed by atoms with van der Waals surface area (Å²) in [5.41, 5.74) is 4.73. The van der Waals surface area contributed by atoms with E-state index in [9.17, 15) is 0 Å². The summed E-state index contributed by atoms with van der Waals surface area (Å²) in [5, 5.41) is 0. The number of nitrogens with zero attached hydrogens (tertiary/aromatic N) is 1. The Morgan fingerprint density at radius 2 is 2.41 bits per heavy atom. The van der Waals surface area contributed by atoms with E-state index in [1.54, 1.807) is 7.11 Å². The molecule has 2 heterocycles. The van der Waals surface area contributed by atoms with E-state index in [4.69, 9.17) is 14.2 Å². The summed E-state index contributed by atoms with van der Waals surface area (Å²) >= 11 is 1.48. The fourth-order valence-corrected chi connectivity index (χ4v) is 2.62. The van der Waals surface area contributed by atoms with Gasteiger partial charge in [-0.1, -0.05) is 6.07 Å². The van der Waals surface area contributed by atoms with Crippen LogP contribution in [-0.4, -0.2) is 31.9 Å². The number of aromatic nitrogens is 1. The highest BCUT2D eigenvalue weighted by Crippen LogP contribution is 2.36. The summed E-state index contributed by atoms with van der Waals surface area (Å²) in [6, 6.07) is 4.05. The van der Waals surface area contributed by atoms with Crippen LogP contribution in [0.4, 0.5) is 0 Å². The second-order valence-electron chi connectivity index (χ2n) is 3.77. The molecule has 1 fully saturated rings. The van der Waals surface area contributed by atoms with Gasteiger partial charge < -0.3 is 14.2 Å². The standard InChI is InChI=1S/C12H12NO3S/c1-14-12-8(9-6-15-4-5-16-9)2-3-10-11(12)13-7-17-10/h2-3,9H,4-6H2,1H3. The van der Waals surface area contributed by atoms with E-state index < -0.39 is 0 Å². The normalized spacial score (nSPS) is 20.6. The first kappa shape index (κ1) is 11.0. The Morgan fingerprint density at radius 3 is 3.18 bits per heavy atom. The molecule has 1 unspecified atom stereocenters. The van der Waals surface area contributed by atoms with Gasteiger partial charge in [-0.05, 0) is 6.07 Å². The predicted molar refractivity (Wildman–Crippen MR) is 64.5 cm³/mol. The van der Waals surface area contributed by atoms with Crippen molar-refractivity contribution in [3.05, 3.63) is 23.2 Å². The molecule has 17 heavy (non-hydrogen) atoms. The Morgan fingerprint density at radius 1 is 1.47 bits per heavy atom. The lowest BCUT2D eigenvalue weighted by molar-refractivity contribution is -0.0907. The van der Waals surface area contributed by atoms with Crippen LogP contribution in [0.25, 0.3) is 10.2 Å². The molecule has 4 nitrogen and oxygen atoms in total. The maximum atomic E-state index is 5.69. The Kier molecular flexibility index (Phi) is 2.96. The smallest absolute Gasteiger partial charge is 0.153 e. The van der Waals surface area contributed by atoms with Crippen molar-refractivity contribution in [2.45, 2.75) is 6.10 Å². The van der Waals surface area contributed by atoms with Crippen LogP contribution in [0.5, 0.6) is 5.75 Å². The third-order valence-electron chi connectivity index (χ3n) is 2.80. The van der Waals surface area contributed by atoms with Gasteiger partial charge in [0.05, 0.1) is 31.6 Å². The van der Waals surface area contributed by atoms with Crippen molar-refractivity contribution < 1.29 is 14.2 Å². The van der Waals surface area contributed by atoms with Crippen molar-refractivity contribution in [2.75, 3.05) is 26.9 Å². The van der Waals surface area contributed by atoms with E-state index in [0.717, 1.165) is 21.5 Å². The van der Waals surface area contributed by atoms with Gasteiger partial charge in [0.15, 0.2) is 11.3 Å². The molecular formula is C12H12NO3S. The summed E-state index contributed by atoms with van der Waals surface area (Å²) in [6.45, 7) is 1.84. The van der Waals surface area contributed by atoms with Gasteiger partial charge in [-0.3, -0.25) is 0 Å².